The van der Waals surface area contributed by atoms with Gasteiger partial charge in [0.2, 0.25) is 11.8 Å². The molecule has 0 aromatic heterocycles. The Kier molecular flexibility index (Phi) is 17.8. The van der Waals surface area contributed by atoms with Gasteiger partial charge in [-0.25, -0.2) is 0 Å². The molecule has 2 aliphatic rings. The van der Waals surface area contributed by atoms with Crippen molar-refractivity contribution >= 4 is 23.2 Å². The second kappa shape index (κ2) is 25.8. The highest BCUT2D eigenvalue weighted by molar-refractivity contribution is 6.14. The smallest absolute Gasteiger partial charge is 0.246 e. The van der Waals surface area contributed by atoms with Crippen LogP contribution in [0.2, 0.25) is 0 Å². The minimum Gasteiger partial charge on any atom is -0.477 e. The average molecular weight is 1060 g/mol. The van der Waals surface area contributed by atoms with E-state index in [2.05, 4.69) is 47.4 Å². The van der Waals surface area contributed by atoms with Gasteiger partial charge in [0.25, 0.3) is 0 Å². The van der Waals surface area contributed by atoms with Crippen LogP contribution in [-0.4, -0.2) is 77.8 Å². The fourth-order valence-electron chi connectivity index (χ4n) is 10.2. The Morgan fingerprint density at radius 3 is 0.812 bits per heavy atom. The zero-order chi connectivity index (χ0) is 56.5. The van der Waals surface area contributed by atoms with Crippen LogP contribution in [0.4, 0.5) is 11.4 Å². The molecule has 12 nitrogen and oxygen atoms in total. The minimum atomic E-state index is -1.52. The standard InChI is InChI=1S/C68H52N2O10/c1-9-37-73-57-31-27-49(45-61(57)77-41-13-5)67(50-28-32-58(74-38-10-2)62(46-50)78-42-14-6)53-23-17-19-25-55(53)69(65(67)71)35-21-22-36-70-56-26-20-18-24-54(56)68(66(70)72,51-29-33-59(75-39-11-3)63(47-51)79-43-15-7)52-30-34-60(76-40-12-4)64(48-52)80-44-16-8/h1-8,17-20,23-34,45-48H,21-22,35-44H2. The van der Waals surface area contributed by atoms with E-state index in [9.17, 15) is 0 Å². The normalized spacial score (nSPS) is 12.9. The summed E-state index contributed by atoms with van der Waals surface area (Å²) in [6.07, 6.45) is 45.8. The van der Waals surface area contributed by atoms with Gasteiger partial charge in [0.05, 0.1) is 0 Å². The van der Waals surface area contributed by atoms with Crippen molar-refractivity contribution in [2.45, 2.75) is 23.7 Å². The van der Waals surface area contributed by atoms with Crippen molar-refractivity contribution in [2.75, 3.05) is 75.7 Å². The highest BCUT2D eigenvalue weighted by atomic mass is 16.5. The highest BCUT2D eigenvalue weighted by Gasteiger charge is 2.55. The molecular weight excluding hydrogens is 1000 g/mol. The van der Waals surface area contributed by atoms with E-state index in [-0.39, 0.29) is 101 Å². The van der Waals surface area contributed by atoms with Gasteiger partial charge in [-0.2, -0.15) is 0 Å². The predicted molar refractivity (Wildman–Crippen MR) is 307 cm³/mol. The first-order valence-corrected chi connectivity index (χ1v) is 25.1. The second-order valence-electron chi connectivity index (χ2n) is 17.7. The number of carbonyl (C=O) groups excluding carboxylic acids is 2. The number of hydrogen-bond acceptors (Lipinski definition) is 10. The molecule has 0 saturated heterocycles. The van der Waals surface area contributed by atoms with E-state index < -0.39 is 10.8 Å². The molecule has 0 atom stereocenters. The van der Waals surface area contributed by atoms with Crippen molar-refractivity contribution in [3.05, 3.63) is 155 Å². The molecular formula is C68H52N2O10. The molecule has 2 amide bonds. The number of nitrogens with zero attached hydrogens (tertiary/aromatic N) is 2. The molecule has 0 saturated carbocycles. The summed E-state index contributed by atoms with van der Waals surface area (Å²) >= 11 is 0. The first-order chi connectivity index (χ1) is 39.2. The molecule has 6 aromatic carbocycles. The summed E-state index contributed by atoms with van der Waals surface area (Å²) in [7, 11) is 0. The number of benzene rings is 6. The number of ether oxygens (including phenoxy) is 8. The van der Waals surface area contributed by atoms with Gasteiger partial charge in [-0.3, -0.25) is 9.59 Å². The number of rotatable bonds is 25. The first kappa shape index (κ1) is 55.4. The molecule has 0 spiro atoms. The number of hydrogen-bond donors (Lipinski definition) is 0. The number of carbonyl (C=O) groups is 2. The molecule has 12 heteroatoms. The molecule has 0 fully saturated rings. The molecule has 0 unspecified atom stereocenters. The van der Waals surface area contributed by atoms with Gasteiger partial charge in [0, 0.05) is 35.6 Å². The quantitative estimate of drug-likeness (QED) is 0.0408. The van der Waals surface area contributed by atoms with Gasteiger partial charge in [0.15, 0.2) is 46.0 Å². The maximum absolute atomic E-state index is 16.0. The lowest BCUT2D eigenvalue weighted by Gasteiger charge is -2.32. The van der Waals surface area contributed by atoms with Crippen molar-refractivity contribution < 1.29 is 47.5 Å². The monoisotopic (exact) mass is 1060 g/mol. The van der Waals surface area contributed by atoms with E-state index in [0.29, 0.717) is 80.6 Å². The summed E-state index contributed by atoms with van der Waals surface area (Å²) < 4.78 is 47.7. The third kappa shape index (κ3) is 10.6. The van der Waals surface area contributed by atoms with Crippen molar-refractivity contribution in [2.24, 2.45) is 0 Å². The Morgan fingerprint density at radius 2 is 0.562 bits per heavy atom. The van der Waals surface area contributed by atoms with Gasteiger partial charge in [-0.15, -0.1) is 51.4 Å². The zero-order valence-electron chi connectivity index (χ0n) is 43.6. The van der Waals surface area contributed by atoms with E-state index in [1.165, 1.54) is 0 Å². The van der Waals surface area contributed by atoms with Crippen molar-refractivity contribution in [3.63, 3.8) is 0 Å². The maximum Gasteiger partial charge on any atom is 0.246 e. The van der Waals surface area contributed by atoms with Gasteiger partial charge >= 0.3 is 0 Å². The first-order valence-electron chi connectivity index (χ1n) is 25.1. The summed E-state index contributed by atoms with van der Waals surface area (Å²) in [5.74, 6) is 21.8. The third-order valence-corrected chi connectivity index (χ3v) is 13.3. The maximum atomic E-state index is 16.0. The average Bonchev–Trinajstić information content (AvgIpc) is 4.01. The lowest BCUT2D eigenvalue weighted by molar-refractivity contribution is -0.121. The molecule has 2 aliphatic heterocycles. The third-order valence-electron chi connectivity index (χ3n) is 13.3. The summed E-state index contributed by atoms with van der Waals surface area (Å²) in [6.45, 7) is -0.0823. The number of amides is 2. The molecule has 0 N–H and O–H groups in total. The van der Waals surface area contributed by atoms with Gasteiger partial charge in [0.1, 0.15) is 63.7 Å². The van der Waals surface area contributed by atoms with E-state index in [0.717, 1.165) is 0 Å². The molecule has 0 radical (unpaired) electrons. The minimum absolute atomic E-state index is 0.0460. The predicted octanol–water partition coefficient (Wildman–Crippen LogP) is 8.63. The van der Waals surface area contributed by atoms with Crippen molar-refractivity contribution in [3.8, 4) is 145 Å². The van der Waals surface area contributed by atoms with Crippen LogP contribution in [0.3, 0.4) is 0 Å². The molecule has 2 heterocycles. The van der Waals surface area contributed by atoms with Crippen LogP contribution in [0.1, 0.15) is 46.2 Å². The number of terminal acetylenes is 8. The fraction of sp³-hybridized carbons (Fsp3) is 0.206. The molecule has 6 aromatic rings. The van der Waals surface area contributed by atoms with Crippen LogP contribution < -0.4 is 47.7 Å². The Labute approximate surface area is 467 Å². The number of unbranched alkanes of at least 4 members (excludes halogenated alkanes) is 1. The topological polar surface area (TPSA) is 114 Å². The Balaban J connectivity index is 1.20. The van der Waals surface area contributed by atoms with Crippen LogP contribution in [0.25, 0.3) is 0 Å². The van der Waals surface area contributed by atoms with E-state index in [1.54, 1.807) is 82.6 Å². The Morgan fingerprint density at radius 1 is 0.325 bits per heavy atom. The largest absolute Gasteiger partial charge is 0.477 e. The van der Waals surface area contributed by atoms with Crippen molar-refractivity contribution in [1.82, 2.24) is 0 Å². The van der Waals surface area contributed by atoms with Crippen LogP contribution in [0.15, 0.2) is 121 Å². The second-order valence-corrected chi connectivity index (χ2v) is 17.7. The van der Waals surface area contributed by atoms with Gasteiger partial charge in [-0.1, -0.05) is 108 Å². The molecule has 394 valence electrons. The summed E-state index contributed by atoms with van der Waals surface area (Å²) in [4.78, 5) is 35.5. The Hall–Kier alpha value is -10.9. The lowest BCUT2D eigenvalue weighted by atomic mass is 9.70. The van der Waals surface area contributed by atoms with Gasteiger partial charge < -0.3 is 47.7 Å². The molecule has 0 bridgehead atoms. The highest BCUT2D eigenvalue weighted by Crippen LogP contribution is 2.55. The number of para-hydroxylation sites is 2. The van der Waals surface area contributed by atoms with E-state index >= 15 is 9.59 Å². The SMILES string of the molecule is C#CCOc1ccc(C2(c3ccc(OCC#C)c(OCC#C)c3)C(=O)N(CCCCN3C(=O)C(c4ccc(OCC#C)c(OCC#C)c4)(c4ccc(OCC#C)c(OCC#C)c4)c4ccccc43)c3ccccc32)cc1OCC#C. The summed E-state index contributed by atoms with van der Waals surface area (Å²) in [6, 6.07) is 36.0. The summed E-state index contributed by atoms with van der Waals surface area (Å²) in [5, 5.41) is 0. The van der Waals surface area contributed by atoms with E-state index in [1.807, 2.05) is 48.5 Å². The lowest BCUT2D eigenvalue weighted by Crippen LogP contribution is -2.43. The van der Waals surface area contributed by atoms with E-state index in [4.69, 9.17) is 89.3 Å². The van der Waals surface area contributed by atoms with Crippen LogP contribution in [0.5, 0.6) is 46.0 Å². The zero-order valence-corrected chi connectivity index (χ0v) is 43.6. The van der Waals surface area contributed by atoms with Crippen molar-refractivity contribution in [1.29, 1.82) is 0 Å². The Bertz CT molecular complexity index is 3260. The molecule has 0 aliphatic carbocycles. The van der Waals surface area contributed by atoms with Crippen LogP contribution in [-0.2, 0) is 20.4 Å². The summed E-state index contributed by atoms with van der Waals surface area (Å²) in [5.41, 5.74) is 1.72. The molecule has 80 heavy (non-hydrogen) atoms. The van der Waals surface area contributed by atoms with Crippen LogP contribution in [0, 0.1) is 98.8 Å². The number of fused-ring (bicyclic) bond motifs is 2. The van der Waals surface area contributed by atoms with Crippen LogP contribution >= 0.6 is 0 Å². The van der Waals surface area contributed by atoms with Gasteiger partial charge in [-0.05, 0) is 95.8 Å². The number of anilines is 2. The fourth-order valence-corrected chi connectivity index (χ4v) is 10.2. The molecule has 8 rings (SSSR count).